The van der Waals surface area contributed by atoms with E-state index < -0.39 is 40.8 Å². The number of fused-ring (bicyclic) bond motifs is 3. The van der Waals surface area contributed by atoms with Crippen molar-refractivity contribution in [3.63, 3.8) is 0 Å². The fourth-order valence-corrected chi connectivity index (χ4v) is 9.91. The lowest BCUT2D eigenvalue weighted by atomic mass is 9.82. The van der Waals surface area contributed by atoms with Gasteiger partial charge in [0.2, 0.25) is 0 Å². The summed E-state index contributed by atoms with van der Waals surface area (Å²) in [5.41, 5.74) is 0.350. The van der Waals surface area contributed by atoms with Gasteiger partial charge < -0.3 is 9.47 Å². The topological polar surface area (TPSA) is 124 Å². The molecule has 0 spiro atoms. The first kappa shape index (κ1) is 37.5. The van der Waals surface area contributed by atoms with E-state index in [-0.39, 0.29) is 40.5 Å². The summed E-state index contributed by atoms with van der Waals surface area (Å²) >= 11 is 0.701. The summed E-state index contributed by atoms with van der Waals surface area (Å²) in [6.45, 7) is 20.2. The molecule has 2 unspecified atom stereocenters. The maximum Gasteiger partial charge on any atom is 0.411 e. The summed E-state index contributed by atoms with van der Waals surface area (Å²) < 4.78 is 71.2. The van der Waals surface area contributed by atoms with Crippen LogP contribution in [0.25, 0.3) is 32.0 Å². The molecule has 2 atom stereocenters. The molecule has 51 heavy (non-hydrogen) atoms. The van der Waals surface area contributed by atoms with Crippen molar-refractivity contribution in [1.29, 1.82) is 0 Å². The zero-order valence-corrected chi connectivity index (χ0v) is 32.7. The van der Waals surface area contributed by atoms with Gasteiger partial charge in [-0.2, -0.15) is 5.10 Å². The van der Waals surface area contributed by atoms with Crippen molar-refractivity contribution in [2.75, 3.05) is 13.3 Å². The number of hydrogen-bond acceptors (Lipinski definition) is 9. The van der Waals surface area contributed by atoms with Crippen molar-refractivity contribution >= 4 is 52.0 Å². The number of aromatic nitrogens is 4. The molecular weight excluding hydrogens is 717 g/mol. The Morgan fingerprint density at radius 1 is 1.22 bits per heavy atom. The van der Waals surface area contributed by atoms with Crippen LogP contribution in [0.5, 0.6) is 0 Å². The first-order valence-corrected chi connectivity index (χ1v) is 23.1. The van der Waals surface area contributed by atoms with E-state index in [0.717, 1.165) is 24.5 Å². The third kappa shape index (κ3) is 7.61. The second-order valence-electron chi connectivity index (χ2n) is 15.8. The number of ether oxygens (including phenoxy) is 2. The van der Waals surface area contributed by atoms with E-state index in [0.29, 0.717) is 60.1 Å². The monoisotopic (exact) mass is 761 g/mol. The minimum Gasteiger partial charge on any atom is -0.444 e. The van der Waals surface area contributed by atoms with Crippen LogP contribution in [0.1, 0.15) is 76.3 Å². The van der Waals surface area contributed by atoms with Crippen molar-refractivity contribution in [3.8, 4) is 10.7 Å². The number of carbonyl (C=O) groups is 1. The first-order chi connectivity index (χ1) is 23.8. The molecule has 1 amide bonds. The number of rotatable bonds is 11. The molecule has 0 radical (unpaired) electrons. The summed E-state index contributed by atoms with van der Waals surface area (Å²) in [6, 6.07) is 3.50. The zero-order chi connectivity index (χ0) is 37.1. The van der Waals surface area contributed by atoms with E-state index in [1.807, 2.05) is 26.8 Å². The highest BCUT2D eigenvalue weighted by molar-refractivity contribution is 7.89. The van der Waals surface area contributed by atoms with Crippen LogP contribution in [0.3, 0.4) is 0 Å². The van der Waals surface area contributed by atoms with Crippen LogP contribution in [0.15, 0.2) is 23.1 Å². The van der Waals surface area contributed by atoms with E-state index >= 15 is 0 Å². The highest BCUT2D eigenvalue weighted by Gasteiger charge is 2.61. The van der Waals surface area contributed by atoms with Gasteiger partial charge in [-0.25, -0.2) is 28.6 Å². The summed E-state index contributed by atoms with van der Waals surface area (Å²) in [6.07, 6.45) is 2.41. The molecule has 12 nitrogen and oxygen atoms in total. The van der Waals surface area contributed by atoms with E-state index in [2.05, 4.69) is 39.8 Å². The number of halogens is 2. The van der Waals surface area contributed by atoms with Gasteiger partial charge in [-0.05, 0) is 70.2 Å². The fraction of sp³-hybridized carbons (Fsp3) is 0.618. The predicted molar refractivity (Wildman–Crippen MR) is 193 cm³/mol. The van der Waals surface area contributed by atoms with Crippen molar-refractivity contribution in [2.45, 2.75) is 120 Å². The second kappa shape index (κ2) is 13.6. The Kier molecular flexibility index (Phi) is 9.98. The number of alkyl halides is 2. The van der Waals surface area contributed by atoms with Gasteiger partial charge in [0.25, 0.3) is 16.4 Å². The molecule has 2 aromatic heterocycles. The molecule has 1 aromatic carbocycles. The lowest BCUT2D eigenvalue weighted by molar-refractivity contribution is 0.0000752. The molecule has 3 aromatic rings. The minimum atomic E-state index is -4.33. The van der Waals surface area contributed by atoms with Gasteiger partial charge in [0.05, 0.1) is 29.3 Å². The molecular formula is C34H45F2N7O5S2Si. The van der Waals surface area contributed by atoms with Gasteiger partial charge in [-0.15, -0.1) is 10.2 Å². The number of amides is 1. The maximum atomic E-state index is 14.7. The van der Waals surface area contributed by atoms with Gasteiger partial charge in [0.15, 0.2) is 10.0 Å². The number of benzene rings is 1. The summed E-state index contributed by atoms with van der Waals surface area (Å²) in [4.78, 5) is 18.9. The molecule has 0 N–H and O–H groups in total. The lowest BCUT2D eigenvalue weighted by Crippen LogP contribution is -2.53. The maximum absolute atomic E-state index is 14.7. The van der Waals surface area contributed by atoms with Crippen LogP contribution in [-0.4, -0.2) is 88.5 Å². The molecule has 1 aliphatic carbocycles. The molecule has 2 aliphatic heterocycles. The highest BCUT2D eigenvalue weighted by atomic mass is 32.2. The van der Waals surface area contributed by atoms with Crippen LogP contribution in [0.2, 0.25) is 25.7 Å². The summed E-state index contributed by atoms with van der Waals surface area (Å²) in [7, 11) is -4.09. The van der Waals surface area contributed by atoms with Crippen LogP contribution >= 0.6 is 11.3 Å². The molecule has 1 saturated heterocycles. The van der Waals surface area contributed by atoms with Gasteiger partial charge in [-0.1, -0.05) is 41.4 Å². The number of hydrogen-bond donors (Lipinski definition) is 0. The van der Waals surface area contributed by atoms with Crippen LogP contribution < -0.4 is 0 Å². The van der Waals surface area contributed by atoms with E-state index in [1.165, 1.54) is 10.4 Å². The molecule has 1 saturated carbocycles. The van der Waals surface area contributed by atoms with E-state index in [9.17, 15) is 22.0 Å². The van der Waals surface area contributed by atoms with Crippen molar-refractivity contribution in [3.05, 3.63) is 40.2 Å². The van der Waals surface area contributed by atoms with Gasteiger partial charge >= 0.3 is 11.8 Å². The first-order valence-electron chi connectivity index (χ1n) is 17.2. The Morgan fingerprint density at radius 2 is 1.94 bits per heavy atom. The Balaban J connectivity index is 1.49. The summed E-state index contributed by atoms with van der Waals surface area (Å²) in [5, 5.41) is 12.4. The van der Waals surface area contributed by atoms with Crippen LogP contribution in [0.4, 0.5) is 13.6 Å². The zero-order valence-electron chi connectivity index (χ0n) is 30.1. The van der Waals surface area contributed by atoms with Crippen LogP contribution in [-0.2, 0) is 26.5 Å². The predicted octanol–water partition coefficient (Wildman–Crippen LogP) is 7.69. The standard InChI is InChI=1S/C34H45F2N7O5S2Si/c1-33(2,3)48-32(44)43-22-10-9-11-23(43)17-21(16-22)25-18-24(19-26-27(40-41(5)28(25)26)30-38-39-31(49-30)29(35)36)50(45,46)42(34(37-4)12-13-34)20-47-14-15-51(6,7)8/h16,18-19,22-23,29H,9-15,17,20H2,1-3,5-8H3. The largest absolute Gasteiger partial charge is 0.444 e. The Labute approximate surface area is 302 Å². The Bertz CT molecular complexity index is 2010. The molecule has 4 heterocycles. The fourth-order valence-electron chi connectivity index (χ4n) is 6.78. The number of carbonyl (C=O) groups excluding carboxylic acids is 1. The quantitative estimate of drug-likeness (QED) is 0.0844. The smallest absolute Gasteiger partial charge is 0.411 e. The second-order valence-corrected chi connectivity index (χ2v) is 24.3. The normalized spacial score (nSPS) is 20.5. The third-order valence-corrected chi connectivity index (χ3v) is 14.0. The van der Waals surface area contributed by atoms with Crippen molar-refractivity contribution < 1.29 is 31.5 Å². The van der Waals surface area contributed by atoms with Crippen molar-refractivity contribution in [2.24, 2.45) is 7.05 Å². The average Bonchev–Trinajstić information content (AvgIpc) is 3.51. The van der Waals surface area contributed by atoms with E-state index in [4.69, 9.17) is 16.0 Å². The molecule has 2 bridgehead atoms. The summed E-state index contributed by atoms with van der Waals surface area (Å²) in [5.74, 6) is 0. The molecule has 3 aliphatic rings. The lowest BCUT2D eigenvalue weighted by Gasteiger charge is -2.45. The van der Waals surface area contributed by atoms with Gasteiger partial charge in [0.1, 0.15) is 18.0 Å². The third-order valence-electron chi connectivity index (χ3n) is 9.49. The Hall–Kier alpha value is -3.30. The van der Waals surface area contributed by atoms with Crippen molar-refractivity contribution in [1.82, 2.24) is 29.2 Å². The van der Waals surface area contributed by atoms with E-state index in [1.54, 1.807) is 22.7 Å². The Morgan fingerprint density at radius 3 is 2.53 bits per heavy atom. The molecule has 6 rings (SSSR count). The average molecular weight is 762 g/mol. The molecule has 276 valence electrons. The van der Waals surface area contributed by atoms with Gasteiger partial charge in [-0.3, -0.25) is 14.4 Å². The highest BCUT2D eigenvalue weighted by Crippen LogP contribution is 2.48. The SMILES string of the molecule is [C-]#[N+]C1(N(COCC[Si](C)(C)C)S(=O)(=O)c2cc(C3=CC4CCCC(C3)N4C(=O)OC(C)(C)C)c3c(c2)c(-c2nnc(C(F)F)s2)nn3C)CC1. The minimum absolute atomic E-state index is 0.0674. The van der Waals surface area contributed by atoms with Crippen LogP contribution in [0, 0.1) is 6.57 Å². The molecule has 17 heteroatoms. The van der Waals surface area contributed by atoms with Gasteiger partial charge in [0, 0.05) is 38.7 Å². The number of aryl methyl sites for hydroxylation is 1. The number of piperidine rings is 1. The number of nitrogens with zero attached hydrogens (tertiary/aromatic N) is 7. The molecule has 2 fully saturated rings. The number of sulfonamides is 1.